The summed E-state index contributed by atoms with van der Waals surface area (Å²) in [5.41, 5.74) is 2.00. The molecule has 0 N–H and O–H groups in total. The zero-order valence-corrected chi connectivity index (χ0v) is 16.3. The highest BCUT2D eigenvalue weighted by Crippen LogP contribution is 2.49. The molecular weight excluding hydrogens is 351 g/mol. The van der Waals surface area contributed by atoms with Crippen molar-refractivity contribution in [3.05, 3.63) is 64.7 Å². The van der Waals surface area contributed by atoms with Crippen LogP contribution in [0.25, 0.3) is 0 Å². The van der Waals surface area contributed by atoms with Crippen molar-refractivity contribution >= 4 is 24.2 Å². The Kier molecular flexibility index (Phi) is 6.52. The molecule has 0 spiro atoms. The summed E-state index contributed by atoms with van der Waals surface area (Å²) >= 11 is 0. The van der Waals surface area contributed by atoms with E-state index in [1.807, 2.05) is 0 Å². The van der Waals surface area contributed by atoms with Gasteiger partial charge in [0.15, 0.2) is 0 Å². The molecule has 5 nitrogen and oxygen atoms in total. The number of aryl methyl sites for hydroxylation is 2. The first kappa shape index (κ1) is 20.1. The lowest BCUT2D eigenvalue weighted by Gasteiger charge is -2.19. The molecule has 2 aromatic carbocycles. The molecule has 2 rings (SSSR count). The minimum atomic E-state index is -3.71. The molecule has 0 heterocycles. The van der Waals surface area contributed by atoms with E-state index in [1.54, 1.807) is 63.2 Å². The third-order valence-electron chi connectivity index (χ3n) is 3.92. The first-order chi connectivity index (χ1) is 12.3. The number of rotatable bonds is 7. The smallest absolute Gasteiger partial charge is 0.302 e. The van der Waals surface area contributed by atoms with Crippen LogP contribution in [0, 0.1) is 13.8 Å². The Bertz CT molecular complexity index is 835. The van der Waals surface area contributed by atoms with Gasteiger partial charge in [0, 0.05) is 17.8 Å². The van der Waals surface area contributed by atoms with E-state index in [4.69, 9.17) is 9.26 Å². The van der Waals surface area contributed by atoms with E-state index in [9.17, 15) is 14.2 Å². The van der Waals surface area contributed by atoms with Crippen LogP contribution in [0.5, 0.6) is 0 Å². The maximum Gasteiger partial charge on any atom is 0.302 e. The van der Waals surface area contributed by atoms with Crippen LogP contribution in [0.4, 0.5) is 0 Å². The van der Waals surface area contributed by atoms with Gasteiger partial charge in [-0.25, -0.2) is 0 Å². The number of hydrogen-bond donors (Lipinski definition) is 0. The molecule has 0 saturated carbocycles. The molecule has 2 aromatic rings. The average Bonchev–Trinajstić information content (AvgIpc) is 2.60. The van der Waals surface area contributed by atoms with Crippen molar-refractivity contribution in [3.8, 4) is 0 Å². The molecule has 1 atom stereocenters. The predicted molar refractivity (Wildman–Crippen MR) is 101 cm³/mol. The van der Waals surface area contributed by atoms with Gasteiger partial charge in [0.05, 0.1) is 6.61 Å². The maximum atomic E-state index is 13.5. The van der Waals surface area contributed by atoms with Crippen molar-refractivity contribution < 1.29 is 23.4 Å². The number of carbonyl (C=O) groups excluding carboxylic acids is 2. The van der Waals surface area contributed by atoms with E-state index in [2.05, 4.69) is 0 Å². The molecule has 6 heteroatoms. The van der Waals surface area contributed by atoms with Gasteiger partial charge < -0.3 is 9.26 Å². The standard InChI is InChI=1S/C20H23O5P/c1-5-25-26(23,18-9-7-6-8-10-18)20(22)19-14(2)11-17(12-15(19)3)13-24-16(4)21/h6-12H,5,13H2,1-4H3. The van der Waals surface area contributed by atoms with Crippen LogP contribution in [0.2, 0.25) is 0 Å². The van der Waals surface area contributed by atoms with Gasteiger partial charge >= 0.3 is 13.3 Å². The van der Waals surface area contributed by atoms with Gasteiger partial charge in [-0.1, -0.05) is 30.3 Å². The molecule has 0 radical (unpaired) electrons. The van der Waals surface area contributed by atoms with Crippen LogP contribution in [-0.2, 0) is 25.2 Å². The zero-order valence-electron chi connectivity index (χ0n) is 15.4. The topological polar surface area (TPSA) is 69.7 Å². The Morgan fingerprint density at radius 3 is 2.12 bits per heavy atom. The summed E-state index contributed by atoms with van der Waals surface area (Å²) in [6.07, 6.45) is 0. The van der Waals surface area contributed by atoms with Gasteiger partial charge in [-0.2, -0.15) is 0 Å². The SMILES string of the molecule is CCOP(=O)(C(=O)c1c(C)cc(COC(C)=O)cc1C)c1ccccc1. The number of esters is 1. The quantitative estimate of drug-likeness (QED) is 0.538. The van der Waals surface area contributed by atoms with Crippen LogP contribution < -0.4 is 5.30 Å². The summed E-state index contributed by atoms with van der Waals surface area (Å²) < 4.78 is 24.0. The minimum absolute atomic E-state index is 0.132. The molecule has 0 aliphatic rings. The minimum Gasteiger partial charge on any atom is -0.461 e. The summed E-state index contributed by atoms with van der Waals surface area (Å²) in [7, 11) is -3.71. The third-order valence-corrected chi connectivity index (χ3v) is 6.28. The van der Waals surface area contributed by atoms with Crippen molar-refractivity contribution in [1.82, 2.24) is 0 Å². The van der Waals surface area contributed by atoms with Crippen LogP contribution in [0.3, 0.4) is 0 Å². The third kappa shape index (κ3) is 4.29. The lowest BCUT2D eigenvalue weighted by atomic mass is 10.0. The maximum absolute atomic E-state index is 13.5. The number of benzene rings is 2. The summed E-state index contributed by atoms with van der Waals surface area (Å²) in [5.74, 6) is -0.370. The van der Waals surface area contributed by atoms with Gasteiger partial charge in [-0.3, -0.25) is 14.2 Å². The first-order valence-corrected chi connectivity index (χ1v) is 10.0. The Hall–Kier alpha value is -2.23. The molecule has 0 aromatic heterocycles. The lowest BCUT2D eigenvalue weighted by molar-refractivity contribution is -0.142. The highest BCUT2D eigenvalue weighted by atomic mass is 31.2. The van der Waals surface area contributed by atoms with Crippen molar-refractivity contribution in [2.75, 3.05) is 6.61 Å². The van der Waals surface area contributed by atoms with E-state index in [1.165, 1.54) is 6.92 Å². The molecule has 138 valence electrons. The lowest BCUT2D eigenvalue weighted by Crippen LogP contribution is -2.17. The van der Waals surface area contributed by atoms with Crippen LogP contribution in [0.1, 0.15) is 40.9 Å². The summed E-state index contributed by atoms with van der Waals surface area (Å²) in [6, 6.07) is 12.1. The molecule has 26 heavy (non-hydrogen) atoms. The molecule has 0 bridgehead atoms. The summed E-state index contributed by atoms with van der Waals surface area (Å²) in [5, 5.41) is 0.384. The molecule has 0 fully saturated rings. The second kappa shape index (κ2) is 8.43. The molecule has 0 saturated heterocycles. The Morgan fingerprint density at radius 2 is 1.62 bits per heavy atom. The summed E-state index contributed by atoms with van der Waals surface area (Å²) in [6.45, 7) is 6.91. The van der Waals surface area contributed by atoms with Crippen molar-refractivity contribution in [3.63, 3.8) is 0 Å². The predicted octanol–water partition coefficient (Wildman–Crippen LogP) is 4.15. The second-order valence-corrected chi connectivity index (χ2v) is 8.28. The highest BCUT2D eigenvalue weighted by Gasteiger charge is 2.37. The normalized spacial score (nSPS) is 13.1. The molecule has 0 aliphatic heterocycles. The van der Waals surface area contributed by atoms with E-state index in [0.29, 0.717) is 22.0 Å². The van der Waals surface area contributed by atoms with Gasteiger partial charge in [0.2, 0.25) is 0 Å². The fourth-order valence-electron chi connectivity index (χ4n) is 2.86. The monoisotopic (exact) mass is 374 g/mol. The Balaban J connectivity index is 2.47. The van der Waals surface area contributed by atoms with Gasteiger partial charge in [0.1, 0.15) is 6.61 Å². The van der Waals surface area contributed by atoms with E-state index < -0.39 is 12.9 Å². The molecule has 0 aliphatic carbocycles. The molecule has 0 amide bonds. The summed E-state index contributed by atoms with van der Waals surface area (Å²) in [4.78, 5) is 24.2. The first-order valence-electron chi connectivity index (χ1n) is 8.38. The average molecular weight is 374 g/mol. The van der Waals surface area contributed by atoms with E-state index >= 15 is 0 Å². The van der Waals surface area contributed by atoms with Crippen molar-refractivity contribution in [2.24, 2.45) is 0 Å². The van der Waals surface area contributed by atoms with Gasteiger partial charge in [-0.15, -0.1) is 0 Å². The molecular formula is C20H23O5P. The fourth-order valence-corrected chi connectivity index (χ4v) is 4.94. The van der Waals surface area contributed by atoms with E-state index in [0.717, 1.165) is 5.56 Å². The largest absolute Gasteiger partial charge is 0.461 e. The molecule has 1 unspecified atom stereocenters. The van der Waals surface area contributed by atoms with E-state index in [-0.39, 0.29) is 19.2 Å². The Morgan fingerprint density at radius 1 is 1.04 bits per heavy atom. The number of hydrogen-bond acceptors (Lipinski definition) is 5. The second-order valence-electron chi connectivity index (χ2n) is 5.99. The fraction of sp³-hybridized carbons (Fsp3) is 0.300. The Labute approximate surface area is 153 Å². The zero-order chi connectivity index (χ0) is 19.3. The van der Waals surface area contributed by atoms with Gasteiger partial charge in [-0.05, 0) is 49.6 Å². The number of carbonyl (C=O) groups is 2. The van der Waals surface area contributed by atoms with Crippen LogP contribution in [0.15, 0.2) is 42.5 Å². The van der Waals surface area contributed by atoms with Crippen molar-refractivity contribution in [1.29, 1.82) is 0 Å². The number of ether oxygens (including phenoxy) is 1. The van der Waals surface area contributed by atoms with Crippen LogP contribution in [-0.4, -0.2) is 18.1 Å². The van der Waals surface area contributed by atoms with Crippen molar-refractivity contribution in [2.45, 2.75) is 34.3 Å². The van der Waals surface area contributed by atoms with Gasteiger partial charge in [0.25, 0.3) is 5.52 Å². The highest BCUT2D eigenvalue weighted by molar-refractivity contribution is 7.83. The van der Waals surface area contributed by atoms with Crippen LogP contribution >= 0.6 is 7.37 Å².